The van der Waals surface area contributed by atoms with Crippen molar-refractivity contribution in [2.45, 2.75) is 59.3 Å². The highest BCUT2D eigenvalue weighted by molar-refractivity contribution is 5.18. The van der Waals surface area contributed by atoms with Crippen molar-refractivity contribution in [3.05, 3.63) is 24.1 Å². The minimum atomic E-state index is 0.485. The Labute approximate surface area is 99.7 Å². The number of allylic oxidation sites excluding steroid dienone is 2. The fourth-order valence-corrected chi connectivity index (χ4v) is 1.82. The van der Waals surface area contributed by atoms with E-state index in [0.717, 1.165) is 17.9 Å². The van der Waals surface area contributed by atoms with Crippen molar-refractivity contribution in [1.29, 1.82) is 0 Å². The van der Waals surface area contributed by atoms with Gasteiger partial charge in [-0.2, -0.15) is 0 Å². The van der Waals surface area contributed by atoms with Crippen molar-refractivity contribution in [1.82, 2.24) is 5.48 Å². The van der Waals surface area contributed by atoms with E-state index in [1.165, 1.54) is 32.1 Å². The first-order valence-corrected chi connectivity index (χ1v) is 6.30. The summed E-state index contributed by atoms with van der Waals surface area (Å²) in [6.07, 6.45) is 9.52. The van der Waals surface area contributed by atoms with Crippen LogP contribution in [0.4, 0.5) is 0 Å². The van der Waals surface area contributed by atoms with Crippen molar-refractivity contribution in [2.75, 3.05) is 0 Å². The first-order valence-electron chi connectivity index (χ1n) is 6.30. The normalized spacial score (nSPS) is 15.7. The lowest BCUT2D eigenvalue weighted by Crippen LogP contribution is -2.04. The summed E-state index contributed by atoms with van der Waals surface area (Å²) in [5, 5.41) is 0. The van der Waals surface area contributed by atoms with Gasteiger partial charge in [-0.15, -0.1) is 0 Å². The van der Waals surface area contributed by atoms with Crippen molar-refractivity contribution in [3.63, 3.8) is 0 Å². The van der Waals surface area contributed by atoms with Crippen molar-refractivity contribution in [3.8, 4) is 0 Å². The van der Waals surface area contributed by atoms with Crippen molar-refractivity contribution in [2.24, 2.45) is 5.41 Å². The number of hydrogen-bond donors (Lipinski definition) is 1. The number of unbranched alkanes of at least 4 members (excludes halogenated alkanes) is 3. The zero-order chi connectivity index (χ0) is 12.0. The van der Waals surface area contributed by atoms with Gasteiger partial charge < -0.3 is 4.84 Å². The van der Waals surface area contributed by atoms with E-state index in [4.69, 9.17) is 4.84 Å². The van der Waals surface area contributed by atoms with E-state index < -0.39 is 0 Å². The Bertz CT molecular complexity index is 260. The second-order valence-corrected chi connectivity index (χ2v) is 5.81. The molecule has 1 heterocycles. The van der Waals surface area contributed by atoms with Crippen molar-refractivity contribution >= 4 is 0 Å². The molecule has 2 nitrogen and oxygen atoms in total. The summed E-state index contributed by atoms with van der Waals surface area (Å²) in [5.74, 6) is 1.03. The Balaban J connectivity index is 1.96. The van der Waals surface area contributed by atoms with Crippen LogP contribution in [0.3, 0.4) is 0 Å². The van der Waals surface area contributed by atoms with E-state index in [1.807, 2.05) is 6.08 Å². The molecule has 1 rings (SSSR count). The van der Waals surface area contributed by atoms with E-state index in [2.05, 4.69) is 32.8 Å². The molecule has 0 atom stereocenters. The molecule has 0 saturated heterocycles. The molecule has 0 spiro atoms. The summed E-state index contributed by atoms with van der Waals surface area (Å²) in [7, 11) is 0. The molecular weight excluding hydrogens is 198 g/mol. The Morgan fingerprint density at radius 2 is 1.88 bits per heavy atom. The Morgan fingerprint density at radius 3 is 2.44 bits per heavy atom. The Morgan fingerprint density at radius 1 is 1.19 bits per heavy atom. The highest BCUT2D eigenvalue weighted by Crippen LogP contribution is 2.23. The van der Waals surface area contributed by atoms with E-state index in [9.17, 15) is 0 Å². The van der Waals surface area contributed by atoms with Crippen LogP contribution < -0.4 is 5.48 Å². The van der Waals surface area contributed by atoms with Crippen LogP contribution in [0.5, 0.6) is 0 Å². The van der Waals surface area contributed by atoms with Crippen LogP contribution in [0, 0.1) is 5.41 Å². The van der Waals surface area contributed by atoms with Gasteiger partial charge in [-0.3, -0.25) is 0 Å². The van der Waals surface area contributed by atoms with Gasteiger partial charge in [0.1, 0.15) is 5.76 Å². The summed E-state index contributed by atoms with van der Waals surface area (Å²) in [4.78, 5) is 5.24. The first kappa shape index (κ1) is 13.1. The highest BCUT2D eigenvalue weighted by Gasteiger charge is 2.10. The maximum absolute atomic E-state index is 5.24. The predicted molar refractivity (Wildman–Crippen MR) is 68.6 cm³/mol. The molecule has 0 aromatic heterocycles. The third-order valence-electron chi connectivity index (χ3n) is 2.75. The maximum atomic E-state index is 5.24. The molecule has 0 radical (unpaired) electrons. The maximum Gasteiger partial charge on any atom is 0.134 e. The van der Waals surface area contributed by atoms with Crippen LogP contribution in [-0.2, 0) is 4.84 Å². The monoisotopic (exact) mass is 223 g/mol. The molecule has 1 aliphatic heterocycles. The Hall–Kier alpha value is -0.920. The van der Waals surface area contributed by atoms with E-state index in [0.29, 0.717) is 5.41 Å². The van der Waals surface area contributed by atoms with Gasteiger partial charge in [0.05, 0.1) is 5.70 Å². The lowest BCUT2D eigenvalue weighted by Gasteiger charge is -2.17. The van der Waals surface area contributed by atoms with Crippen LogP contribution in [-0.4, -0.2) is 0 Å². The molecule has 0 bridgehead atoms. The fraction of sp³-hybridized carbons (Fsp3) is 0.714. The van der Waals surface area contributed by atoms with E-state index >= 15 is 0 Å². The molecule has 2 heteroatoms. The molecule has 0 aromatic carbocycles. The number of nitrogens with one attached hydrogen (secondary N) is 1. The molecule has 0 fully saturated rings. The standard InChI is InChI=1S/C14H25NO/c1-12-11-13(16-15-12)9-7-5-6-8-10-14(2,3)4/h11,15H,1,5-10H2,2-4H3. The van der Waals surface area contributed by atoms with Gasteiger partial charge in [0, 0.05) is 12.5 Å². The van der Waals surface area contributed by atoms with Crippen LogP contribution in [0.15, 0.2) is 24.1 Å². The summed E-state index contributed by atoms with van der Waals surface area (Å²) < 4.78 is 0. The SMILES string of the molecule is C=C1C=C(CCCCCCC(C)(C)C)ON1. The molecule has 0 aliphatic carbocycles. The Kier molecular flexibility index (Phi) is 4.91. The minimum Gasteiger partial charge on any atom is -0.387 e. The number of hydrogen-bond acceptors (Lipinski definition) is 2. The third kappa shape index (κ3) is 5.84. The second-order valence-electron chi connectivity index (χ2n) is 5.81. The lowest BCUT2D eigenvalue weighted by molar-refractivity contribution is 0.146. The van der Waals surface area contributed by atoms with Crippen molar-refractivity contribution < 1.29 is 4.84 Å². The molecule has 92 valence electrons. The zero-order valence-electron chi connectivity index (χ0n) is 10.9. The highest BCUT2D eigenvalue weighted by atomic mass is 16.7. The van der Waals surface area contributed by atoms with Crippen LogP contribution in [0.2, 0.25) is 0 Å². The number of hydroxylamine groups is 1. The summed E-state index contributed by atoms with van der Waals surface area (Å²) in [6.45, 7) is 10.7. The molecule has 0 amide bonds. The minimum absolute atomic E-state index is 0.485. The van der Waals surface area contributed by atoms with Crippen LogP contribution in [0.25, 0.3) is 0 Å². The van der Waals surface area contributed by atoms with E-state index in [-0.39, 0.29) is 0 Å². The first-order chi connectivity index (χ1) is 7.47. The van der Waals surface area contributed by atoms with Gasteiger partial charge in [0.15, 0.2) is 0 Å². The van der Waals surface area contributed by atoms with Crippen LogP contribution >= 0.6 is 0 Å². The van der Waals surface area contributed by atoms with Crippen LogP contribution in [0.1, 0.15) is 59.3 Å². The van der Waals surface area contributed by atoms with Gasteiger partial charge in [-0.1, -0.05) is 46.6 Å². The average molecular weight is 223 g/mol. The fourth-order valence-electron chi connectivity index (χ4n) is 1.82. The molecule has 0 unspecified atom stereocenters. The number of rotatable bonds is 6. The molecular formula is C14H25NO. The lowest BCUT2D eigenvalue weighted by atomic mass is 9.89. The van der Waals surface area contributed by atoms with Gasteiger partial charge in [-0.05, 0) is 18.3 Å². The topological polar surface area (TPSA) is 21.3 Å². The molecule has 0 saturated carbocycles. The summed E-state index contributed by atoms with van der Waals surface area (Å²) in [6, 6.07) is 0. The molecule has 1 aliphatic rings. The van der Waals surface area contributed by atoms with Gasteiger partial charge in [0.2, 0.25) is 0 Å². The van der Waals surface area contributed by atoms with Gasteiger partial charge in [0.25, 0.3) is 0 Å². The summed E-state index contributed by atoms with van der Waals surface area (Å²) in [5.41, 5.74) is 4.10. The van der Waals surface area contributed by atoms with Gasteiger partial charge >= 0.3 is 0 Å². The average Bonchev–Trinajstić information content (AvgIpc) is 2.56. The third-order valence-corrected chi connectivity index (χ3v) is 2.75. The predicted octanol–water partition coefficient (Wildman–Crippen LogP) is 4.31. The quantitative estimate of drug-likeness (QED) is 0.678. The second kappa shape index (κ2) is 5.97. The molecule has 1 N–H and O–H groups in total. The largest absolute Gasteiger partial charge is 0.387 e. The zero-order valence-corrected chi connectivity index (χ0v) is 10.9. The smallest absolute Gasteiger partial charge is 0.134 e. The van der Waals surface area contributed by atoms with E-state index in [1.54, 1.807) is 0 Å². The molecule has 16 heavy (non-hydrogen) atoms. The summed E-state index contributed by atoms with van der Waals surface area (Å²) >= 11 is 0. The van der Waals surface area contributed by atoms with Gasteiger partial charge in [-0.25, -0.2) is 5.48 Å². The molecule has 0 aromatic rings.